The Morgan fingerprint density at radius 1 is 0.467 bits per heavy atom. The second-order valence-electron chi connectivity index (χ2n) is 13.2. The first kappa shape index (κ1) is 34.3. The van der Waals surface area contributed by atoms with Crippen LogP contribution in [0.2, 0.25) is 0 Å². The van der Waals surface area contributed by atoms with Gasteiger partial charge in [-0.05, 0) is 68.2 Å². The van der Waals surface area contributed by atoms with Crippen LogP contribution >= 0.6 is 0 Å². The average Bonchev–Trinajstić information content (AvgIpc) is 3.03. The van der Waals surface area contributed by atoms with Crippen LogP contribution in [0.4, 0.5) is 0 Å². The van der Waals surface area contributed by atoms with Gasteiger partial charge in [-0.1, -0.05) is 140 Å². The molecule has 0 saturated carbocycles. The summed E-state index contributed by atoms with van der Waals surface area (Å²) in [5.74, 6) is 2.57. The molecule has 0 spiro atoms. The smallest absolute Gasteiger partial charge is 0.126 e. The van der Waals surface area contributed by atoms with Crippen molar-refractivity contribution < 1.29 is 19.7 Å². The Kier molecular flexibility index (Phi) is 11.5. The van der Waals surface area contributed by atoms with Gasteiger partial charge in [0.15, 0.2) is 0 Å². The molecule has 240 valence electrons. The summed E-state index contributed by atoms with van der Waals surface area (Å²) in [6, 6.07) is 31.0. The Balaban J connectivity index is 2.26. The fraction of sp³-hybridized carbons (Fsp3) is 0.415. The van der Waals surface area contributed by atoms with E-state index in [0.29, 0.717) is 0 Å². The lowest BCUT2D eigenvalue weighted by Crippen LogP contribution is -2.32. The maximum atomic E-state index is 9.69. The van der Waals surface area contributed by atoms with Gasteiger partial charge in [-0.3, -0.25) is 0 Å². The monoisotopic (exact) mass is 608 g/mol. The van der Waals surface area contributed by atoms with E-state index in [1.807, 2.05) is 0 Å². The first-order valence-electron chi connectivity index (χ1n) is 16.5. The van der Waals surface area contributed by atoms with Crippen molar-refractivity contribution in [2.45, 2.75) is 84.5 Å². The summed E-state index contributed by atoms with van der Waals surface area (Å²) < 4.78 is 12.6. The van der Waals surface area contributed by atoms with E-state index in [-0.39, 0.29) is 50.1 Å². The summed E-state index contributed by atoms with van der Waals surface area (Å²) in [5.41, 5.74) is 8.60. The molecule has 0 heterocycles. The van der Waals surface area contributed by atoms with Gasteiger partial charge in [0.25, 0.3) is 0 Å². The summed E-state index contributed by atoms with van der Waals surface area (Å²) in [7, 11) is 0. The molecule has 0 unspecified atom stereocenters. The van der Waals surface area contributed by atoms with Crippen molar-refractivity contribution in [3.8, 4) is 11.5 Å². The zero-order chi connectivity index (χ0) is 32.7. The Bertz CT molecular complexity index is 1350. The Hall–Kier alpha value is -3.60. The molecule has 0 atom stereocenters. The van der Waals surface area contributed by atoms with Gasteiger partial charge in [0.2, 0.25) is 0 Å². The van der Waals surface area contributed by atoms with Crippen LogP contribution in [0.3, 0.4) is 0 Å². The molecule has 0 aliphatic heterocycles. The minimum absolute atomic E-state index is 0.0323. The number of aliphatic hydroxyl groups excluding tert-OH is 2. The van der Waals surface area contributed by atoms with Gasteiger partial charge in [-0.15, -0.1) is 0 Å². The number of ether oxygens (including phenoxy) is 2. The Morgan fingerprint density at radius 3 is 1.00 bits per heavy atom. The molecule has 4 rings (SSSR count). The summed E-state index contributed by atoms with van der Waals surface area (Å²) in [6.07, 6.45) is 0. The minimum Gasteiger partial charge on any atom is -0.491 e. The number of hydrogen-bond donors (Lipinski definition) is 2. The molecule has 4 aromatic carbocycles. The third-order valence-corrected chi connectivity index (χ3v) is 8.74. The van der Waals surface area contributed by atoms with E-state index < -0.39 is 5.41 Å². The predicted molar refractivity (Wildman–Crippen MR) is 186 cm³/mol. The van der Waals surface area contributed by atoms with Crippen LogP contribution in [-0.4, -0.2) is 36.6 Å². The van der Waals surface area contributed by atoms with Crippen molar-refractivity contribution in [3.63, 3.8) is 0 Å². The van der Waals surface area contributed by atoms with E-state index in [0.717, 1.165) is 33.8 Å². The molecule has 0 radical (unpaired) electrons. The van der Waals surface area contributed by atoms with E-state index >= 15 is 0 Å². The highest BCUT2D eigenvalue weighted by Crippen LogP contribution is 2.51. The largest absolute Gasteiger partial charge is 0.491 e. The normalized spacial score (nSPS) is 12.0. The summed E-state index contributed by atoms with van der Waals surface area (Å²) in [4.78, 5) is 0. The molecule has 0 fully saturated rings. The molecule has 4 nitrogen and oxygen atoms in total. The number of aliphatic hydroxyl groups is 2. The van der Waals surface area contributed by atoms with Crippen LogP contribution in [0.25, 0.3) is 0 Å². The van der Waals surface area contributed by atoms with E-state index in [9.17, 15) is 10.2 Å². The molecule has 0 aliphatic carbocycles. The molecular formula is C41H52O4. The lowest BCUT2D eigenvalue weighted by atomic mass is 9.63. The number of benzene rings is 4. The van der Waals surface area contributed by atoms with E-state index in [4.69, 9.17) is 9.47 Å². The molecule has 0 bridgehead atoms. The molecule has 4 heteroatoms. The third-order valence-electron chi connectivity index (χ3n) is 8.74. The van der Waals surface area contributed by atoms with Gasteiger partial charge in [-0.25, -0.2) is 0 Å². The van der Waals surface area contributed by atoms with E-state index in [1.165, 1.54) is 22.3 Å². The van der Waals surface area contributed by atoms with Crippen molar-refractivity contribution in [2.24, 2.45) is 0 Å². The molecule has 0 aliphatic rings. The molecular weight excluding hydrogens is 556 g/mol. The second kappa shape index (κ2) is 15.1. The van der Waals surface area contributed by atoms with Crippen molar-refractivity contribution in [1.82, 2.24) is 0 Å². The van der Waals surface area contributed by atoms with Crippen molar-refractivity contribution in [1.29, 1.82) is 0 Å². The maximum absolute atomic E-state index is 9.69. The topological polar surface area (TPSA) is 58.9 Å². The third kappa shape index (κ3) is 6.98. The van der Waals surface area contributed by atoms with Crippen molar-refractivity contribution >= 4 is 0 Å². The van der Waals surface area contributed by atoms with Gasteiger partial charge in [0.05, 0.1) is 18.6 Å². The quantitative estimate of drug-likeness (QED) is 0.140. The highest BCUT2D eigenvalue weighted by molar-refractivity contribution is 5.65. The van der Waals surface area contributed by atoms with Gasteiger partial charge < -0.3 is 19.7 Å². The van der Waals surface area contributed by atoms with Gasteiger partial charge in [0.1, 0.15) is 24.7 Å². The van der Waals surface area contributed by atoms with Crippen molar-refractivity contribution in [2.75, 3.05) is 26.4 Å². The zero-order valence-electron chi connectivity index (χ0n) is 28.4. The Morgan fingerprint density at radius 2 is 0.756 bits per heavy atom. The number of hydrogen-bond acceptors (Lipinski definition) is 4. The molecule has 0 aromatic heterocycles. The van der Waals surface area contributed by atoms with E-state index in [1.54, 1.807) is 0 Å². The van der Waals surface area contributed by atoms with Crippen molar-refractivity contribution in [3.05, 3.63) is 129 Å². The summed E-state index contributed by atoms with van der Waals surface area (Å²) in [6.45, 7) is 18.1. The van der Waals surface area contributed by atoms with Crippen LogP contribution in [0.15, 0.2) is 84.9 Å². The fourth-order valence-electron chi connectivity index (χ4n) is 6.50. The fourth-order valence-corrected chi connectivity index (χ4v) is 6.50. The molecule has 2 N–H and O–H groups in total. The lowest BCUT2D eigenvalue weighted by molar-refractivity contribution is 0.198. The van der Waals surface area contributed by atoms with E-state index in [2.05, 4.69) is 140 Å². The summed E-state index contributed by atoms with van der Waals surface area (Å²) in [5, 5.41) is 19.4. The SMILES string of the molecule is CC(C)c1cc(C(c2ccccc2)(c2ccccc2)c2cc(C(C)C)c(OCCO)c(C(C)C)c2)cc(C(C)C)c1OCCO. The maximum Gasteiger partial charge on any atom is 0.126 e. The number of rotatable bonds is 14. The highest BCUT2D eigenvalue weighted by Gasteiger charge is 2.41. The molecule has 0 saturated heterocycles. The predicted octanol–water partition coefficient (Wildman–Crippen LogP) is 9.31. The van der Waals surface area contributed by atoms with Crippen LogP contribution in [0.1, 0.15) is 124 Å². The van der Waals surface area contributed by atoms with Crippen LogP contribution in [0, 0.1) is 0 Å². The Labute approximate surface area is 271 Å². The first-order valence-corrected chi connectivity index (χ1v) is 16.5. The molecule has 0 amide bonds. The highest BCUT2D eigenvalue weighted by atomic mass is 16.5. The van der Waals surface area contributed by atoms with Crippen LogP contribution in [0.5, 0.6) is 11.5 Å². The van der Waals surface area contributed by atoms with Gasteiger partial charge in [-0.2, -0.15) is 0 Å². The minimum atomic E-state index is -0.659. The van der Waals surface area contributed by atoms with Crippen LogP contribution < -0.4 is 9.47 Å². The van der Waals surface area contributed by atoms with Crippen LogP contribution in [-0.2, 0) is 5.41 Å². The standard InChI is InChI=1S/C41H52O4/c1-27(2)35-23-33(24-36(28(3)4)39(35)44-21-19-42)41(31-15-11-9-12-16-31,32-17-13-10-14-18-32)34-25-37(29(5)6)40(45-22-20-43)38(26-34)30(7)8/h9-18,23-30,42-43H,19-22H2,1-8H3. The van der Waals surface area contributed by atoms with Gasteiger partial charge >= 0.3 is 0 Å². The molecule has 45 heavy (non-hydrogen) atoms. The summed E-state index contributed by atoms with van der Waals surface area (Å²) >= 11 is 0. The lowest BCUT2D eigenvalue weighted by Gasteiger charge is -2.39. The molecule has 4 aromatic rings. The van der Waals surface area contributed by atoms with Gasteiger partial charge in [0, 0.05) is 0 Å². The first-order chi connectivity index (χ1) is 21.6. The zero-order valence-corrected chi connectivity index (χ0v) is 28.4. The average molecular weight is 609 g/mol. The second-order valence-corrected chi connectivity index (χ2v) is 13.2.